The molecule has 1 fully saturated rings. The number of pyridine rings is 2. The second-order valence-electron chi connectivity index (χ2n) is 7.88. The monoisotopic (exact) mass is 394 g/mol. The van der Waals surface area contributed by atoms with Crippen LogP contribution in [0.5, 0.6) is 0 Å². The van der Waals surface area contributed by atoms with Crippen LogP contribution >= 0.6 is 0 Å². The molecule has 7 heteroatoms. The van der Waals surface area contributed by atoms with Gasteiger partial charge in [-0.1, -0.05) is 25.3 Å². The average Bonchev–Trinajstić information content (AvgIpc) is 3.01. The number of aryl methyl sites for hydroxylation is 1. The summed E-state index contributed by atoms with van der Waals surface area (Å²) >= 11 is 0. The fourth-order valence-corrected chi connectivity index (χ4v) is 4.12. The van der Waals surface area contributed by atoms with E-state index in [1.165, 1.54) is 31.5 Å². The van der Waals surface area contributed by atoms with Crippen LogP contribution in [0.3, 0.4) is 0 Å². The highest BCUT2D eigenvalue weighted by molar-refractivity contribution is 5.85. The topological polar surface area (TPSA) is 57.7 Å². The van der Waals surface area contributed by atoms with Crippen LogP contribution in [0.2, 0.25) is 0 Å². The zero-order valence-electron chi connectivity index (χ0n) is 16.0. The molecule has 1 saturated carbocycles. The molecular weight excluding hydrogens is 374 g/mol. The zero-order chi connectivity index (χ0) is 20.1. The van der Waals surface area contributed by atoms with Gasteiger partial charge in [0.2, 0.25) is 0 Å². The van der Waals surface area contributed by atoms with E-state index in [9.17, 15) is 14.0 Å². The summed E-state index contributed by atoms with van der Waals surface area (Å²) in [6.45, 7) is 2.32. The van der Waals surface area contributed by atoms with Crippen molar-refractivity contribution in [3.63, 3.8) is 0 Å². The van der Waals surface area contributed by atoms with Gasteiger partial charge in [-0.05, 0) is 30.5 Å². The number of hydrogen-bond acceptors (Lipinski definition) is 3. The maximum Gasteiger partial charge on any atom is 0.191 e. The van der Waals surface area contributed by atoms with Crippen LogP contribution in [-0.2, 0) is 13.0 Å². The predicted molar refractivity (Wildman–Crippen MR) is 105 cm³/mol. The lowest BCUT2D eigenvalue weighted by atomic mass is 9.83. The summed E-state index contributed by atoms with van der Waals surface area (Å²) in [5.41, 5.74) is 3.23. The van der Waals surface area contributed by atoms with Crippen molar-refractivity contribution in [2.24, 2.45) is 5.92 Å². The van der Waals surface area contributed by atoms with E-state index >= 15 is 0 Å². The standard InChI is InChI=1S/C22H20F2N4O/c1-13-7-8-25-22-21(13)26-19(9-14-3-2-4-14)28(22)11-15-10-27(29)12-17-16(15)5-6-18(23)20(17)24/h5-8,10,12,14H,2-4,9,11H2,1H3. The maximum atomic E-state index is 14.3. The third-order valence-corrected chi connectivity index (χ3v) is 5.96. The third-order valence-electron chi connectivity index (χ3n) is 5.96. The molecule has 0 atom stereocenters. The quantitative estimate of drug-likeness (QED) is 0.385. The lowest BCUT2D eigenvalue weighted by molar-refractivity contribution is -0.604. The summed E-state index contributed by atoms with van der Waals surface area (Å²) in [5.74, 6) is -0.447. The molecule has 3 aromatic heterocycles. The van der Waals surface area contributed by atoms with Crippen LogP contribution in [-0.4, -0.2) is 14.5 Å². The molecule has 0 radical (unpaired) electrons. The number of fused-ring (bicyclic) bond motifs is 2. The van der Waals surface area contributed by atoms with Crippen molar-refractivity contribution < 1.29 is 13.5 Å². The largest absolute Gasteiger partial charge is 0.619 e. The summed E-state index contributed by atoms with van der Waals surface area (Å²) in [5, 5.41) is 12.6. The highest BCUT2D eigenvalue weighted by Crippen LogP contribution is 2.31. The van der Waals surface area contributed by atoms with Crippen LogP contribution < -0.4 is 4.73 Å². The lowest BCUT2D eigenvalue weighted by Gasteiger charge is -2.25. The number of rotatable bonds is 4. The fourth-order valence-electron chi connectivity index (χ4n) is 4.12. The van der Waals surface area contributed by atoms with Gasteiger partial charge in [0.1, 0.15) is 11.3 Å². The Labute approximate surface area is 166 Å². The minimum absolute atomic E-state index is 0.0217. The molecule has 0 saturated heterocycles. The minimum atomic E-state index is -1.01. The Morgan fingerprint density at radius 1 is 1.17 bits per heavy atom. The van der Waals surface area contributed by atoms with E-state index in [1.807, 2.05) is 17.6 Å². The average molecular weight is 394 g/mol. The van der Waals surface area contributed by atoms with Crippen molar-refractivity contribution in [3.8, 4) is 0 Å². The molecule has 5 nitrogen and oxygen atoms in total. The van der Waals surface area contributed by atoms with E-state index in [1.54, 1.807) is 6.20 Å². The summed E-state index contributed by atoms with van der Waals surface area (Å²) in [7, 11) is 0. The van der Waals surface area contributed by atoms with Gasteiger partial charge in [0, 0.05) is 23.6 Å². The Bertz CT molecular complexity index is 1250. The van der Waals surface area contributed by atoms with Gasteiger partial charge >= 0.3 is 0 Å². The molecule has 1 aromatic carbocycles. The molecule has 0 N–H and O–H groups in total. The highest BCUT2D eigenvalue weighted by atomic mass is 19.2. The minimum Gasteiger partial charge on any atom is -0.619 e. The number of imidazole rings is 1. The van der Waals surface area contributed by atoms with E-state index in [4.69, 9.17) is 4.98 Å². The van der Waals surface area contributed by atoms with Crippen molar-refractivity contribution in [2.45, 2.75) is 39.2 Å². The smallest absolute Gasteiger partial charge is 0.191 e. The van der Waals surface area contributed by atoms with E-state index in [-0.39, 0.29) is 5.39 Å². The SMILES string of the molecule is Cc1ccnc2c1nc(CC1CCC1)n2Cc1c[n+]([O-])cc2c(F)c(F)ccc12. The molecule has 29 heavy (non-hydrogen) atoms. The van der Waals surface area contributed by atoms with E-state index in [0.29, 0.717) is 28.1 Å². The first-order chi connectivity index (χ1) is 14.0. The number of benzene rings is 1. The van der Waals surface area contributed by atoms with Crippen molar-refractivity contribution >= 4 is 21.9 Å². The molecule has 1 aliphatic carbocycles. The molecule has 0 spiro atoms. The Hall–Kier alpha value is -3.09. The first-order valence-corrected chi connectivity index (χ1v) is 9.81. The summed E-state index contributed by atoms with van der Waals surface area (Å²) in [6.07, 6.45) is 8.70. The Kier molecular flexibility index (Phi) is 4.19. The van der Waals surface area contributed by atoms with Gasteiger partial charge < -0.3 is 9.77 Å². The van der Waals surface area contributed by atoms with E-state index in [0.717, 1.165) is 41.2 Å². The van der Waals surface area contributed by atoms with E-state index < -0.39 is 11.6 Å². The van der Waals surface area contributed by atoms with Crippen molar-refractivity contribution in [1.29, 1.82) is 0 Å². The fraction of sp³-hybridized carbons (Fsp3) is 0.318. The predicted octanol–water partition coefficient (Wildman–Crippen LogP) is 4.20. The van der Waals surface area contributed by atoms with Crippen LogP contribution in [0.25, 0.3) is 21.9 Å². The summed E-state index contributed by atoms with van der Waals surface area (Å²) in [4.78, 5) is 9.37. The van der Waals surface area contributed by atoms with Gasteiger partial charge in [0.25, 0.3) is 0 Å². The molecule has 0 aliphatic heterocycles. The molecule has 0 amide bonds. The molecule has 3 heterocycles. The molecule has 4 aromatic rings. The normalized spacial score (nSPS) is 14.6. The molecule has 0 unspecified atom stereocenters. The summed E-state index contributed by atoms with van der Waals surface area (Å²) < 4.78 is 30.5. The number of halogens is 2. The van der Waals surface area contributed by atoms with E-state index in [2.05, 4.69) is 4.98 Å². The Morgan fingerprint density at radius 3 is 2.76 bits per heavy atom. The first-order valence-electron chi connectivity index (χ1n) is 9.81. The van der Waals surface area contributed by atoms with Gasteiger partial charge in [-0.15, -0.1) is 0 Å². The second-order valence-corrected chi connectivity index (χ2v) is 7.88. The molecule has 5 rings (SSSR count). The highest BCUT2D eigenvalue weighted by Gasteiger charge is 2.23. The number of hydrogen-bond donors (Lipinski definition) is 0. The van der Waals surface area contributed by atoms with Crippen molar-refractivity contribution in [1.82, 2.24) is 14.5 Å². The maximum absolute atomic E-state index is 14.3. The molecule has 1 aliphatic rings. The van der Waals surface area contributed by atoms with Crippen LogP contribution in [0.4, 0.5) is 8.78 Å². The van der Waals surface area contributed by atoms with Gasteiger partial charge in [0.15, 0.2) is 29.7 Å². The van der Waals surface area contributed by atoms with Crippen molar-refractivity contribution in [3.05, 3.63) is 70.6 Å². The molecular formula is C22H20F2N4O. The van der Waals surface area contributed by atoms with Crippen LogP contribution in [0.15, 0.2) is 36.8 Å². The van der Waals surface area contributed by atoms with Gasteiger partial charge in [-0.2, -0.15) is 4.73 Å². The van der Waals surface area contributed by atoms with Gasteiger partial charge in [0.05, 0.1) is 11.9 Å². The first kappa shape index (κ1) is 18.0. The lowest BCUT2D eigenvalue weighted by Crippen LogP contribution is -2.26. The second kappa shape index (κ2) is 6.76. The zero-order valence-corrected chi connectivity index (χ0v) is 16.0. The number of aromatic nitrogens is 4. The number of nitrogens with zero attached hydrogens (tertiary/aromatic N) is 4. The van der Waals surface area contributed by atoms with Gasteiger partial charge in [-0.3, -0.25) is 0 Å². The molecule has 148 valence electrons. The van der Waals surface area contributed by atoms with Crippen LogP contribution in [0.1, 0.15) is 36.2 Å². The summed E-state index contributed by atoms with van der Waals surface area (Å²) in [6, 6.07) is 4.54. The Balaban J connectivity index is 1.68. The Morgan fingerprint density at radius 2 is 2.00 bits per heavy atom. The van der Waals surface area contributed by atoms with Crippen LogP contribution in [0, 0.1) is 29.7 Å². The van der Waals surface area contributed by atoms with Gasteiger partial charge in [-0.25, -0.2) is 18.7 Å². The molecule has 0 bridgehead atoms. The third kappa shape index (κ3) is 3.01. The van der Waals surface area contributed by atoms with Crippen molar-refractivity contribution in [2.75, 3.05) is 0 Å².